The Labute approximate surface area is 178 Å². The van der Waals surface area contributed by atoms with E-state index in [0.29, 0.717) is 36.7 Å². The molecular weight excluding hydrogens is 400 g/mol. The highest BCUT2D eigenvalue weighted by Gasteiger charge is 2.16. The number of rotatable bonds is 6. The molecule has 0 aliphatic carbocycles. The van der Waals surface area contributed by atoms with Crippen LogP contribution in [0.25, 0.3) is 0 Å². The summed E-state index contributed by atoms with van der Waals surface area (Å²) < 4.78 is 5.76. The van der Waals surface area contributed by atoms with Gasteiger partial charge in [-0.15, -0.1) is 11.3 Å². The summed E-state index contributed by atoms with van der Waals surface area (Å²) in [4.78, 5) is 30.6. The zero-order valence-electron chi connectivity index (χ0n) is 16.6. The van der Waals surface area contributed by atoms with Gasteiger partial charge < -0.3 is 20.3 Å². The Morgan fingerprint density at radius 1 is 1.27 bits per heavy atom. The lowest BCUT2D eigenvalue weighted by atomic mass is 10.2. The number of anilines is 2. The van der Waals surface area contributed by atoms with Crippen LogP contribution in [0, 0.1) is 6.92 Å². The second-order valence-electron chi connectivity index (χ2n) is 6.95. The van der Waals surface area contributed by atoms with E-state index in [1.54, 1.807) is 29.5 Å². The van der Waals surface area contributed by atoms with Crippen molar-refractivity contribution in [3.8, 4) is 5.75 Å². The van der Waals surface area contributed by atoms with Gasteiger partial charge >= 0.3 is 0 Å². The fraction of sp³-hybridized carbons (Fsp3) is 0.227. The van der Waals surface area contributed by atoms with Crippen LogP contribution in [0.4, 0.5) is 11.4 Å². The van der Waals surface area contributed by atoms with Crippen LogP contribution in [-0.4, -0.2) is 36.4 Å². The standard InChI is InChI=1S/C22H22N4O3S/c1-15-24-18(14-30-15)13-29-20-4-2-3-16(11-20)22(28)25-17-5-7-19(8-6-17)26-10-9-23-21(27)12-26/h2-8,11,14H,9-10,12-13H2,1H3,(H,23,27)(H,25,28). The summed E-state index contributed by atoms with van der Waals surface area (Å²) in [6.45, 7) is 4.07. The van der Waals surface area contributed by atoms with Gasteiger partial charge in [0.25, 0.3) is 5.91 Å². The summed E-state index contributed by atoms with van der Waals surface area (Å²) in [7, 11) is 0. The number of piperazine rings is 1. The number of nitrogens with one attached hydrogen (secondary N) is 2. The molecule has 4 rings (SSSR count). The van der Waals surface area contributed by atoms with E-state index in [0.717, 1.165) is 22.9 Å². The Kier molecular flexibility index (Phi) is 5.94. The maximum Gasteiger partial charge on any atom is 0.255 e. The normalized spacial score (nSPS) is 13.6. The Bertz CT molecular complexity index is 1050. The predicted octanol–water partition coefficient (Wildman–Crippen LogP) is 3.22. The highest BCUT2D eigenvalue weighted by Crippen LogP contribution is 2.21. The van der Waals surface area contributed by atoms with E-state index in [1.165, 1.54) is 0 Å². The molecule has 2 amide bonds. The molecular formula is C22H22N4O3S. The summed E-state index contributed by atoms with van der Waals surface area (Å²) >= 11 is 1.58. The van der Waals surface area contributed by atoms with Gasteiger partial charge in [-0.25, -0.2) is 4.98 Å². The van der Waals surface area contributed by atoms with E-state index < -0.39 is 0 Å². The van der Waals surface area contributed by atoms with Crippen LogP contribution in [0.5, 0.6) is 5.75 Å². The van der Waals surface area contributed by atoms with Crippen molar-refractivity contribution in [2.75, 3.05) is 29.9 Å². The van der Waals surface area contributed by atoms with E-state index in [9.17, 15) is 9.59 Å². The summed E-state index contributed by atoms with van der Waals surface area (Å²) in [6.07, 6.45) is 0. The lowest BCUT2D eigenvalue weighted by Crippen LogP contribution is -2.47. The number of hydrogen-bond acceptors (Lipinski definition) is 6. The van der Waals surface area contributed by atoms with Crippen LogP contribution in [0.2, 0.25) is 0 Å². The quantitative estimate of drug-likeness (QED) is 0.637. The van der Waals surface area contributed by atoms with Gasteiger partial charge in [0.2, 0.25) is 5.91 Å². The number of thiazole rings is 1. The first-order valence-corrected chi connectivity index (χ1v) is 10.5. The molecule has 3 aromatic rings. The zero-order chi connectivity index (χ0) is 20.9. The number of nitrogens with zero attached hydrogens (tertiary/aromatic N) is 2. The third-order valence-corrected chi connectivity index (χ3v) is 5.50. The molecule has 0 spiro atoms. The van der Waals surface area contributed by atoms with Gasteiger partial charge in [0.05, 0.1) is 17.2 Å². The van der Waals surface area contributed by atoms with Gasteiger partial charge in [-0.3, -0.25) is 9.59 Å². The average molecular weight is 423 g/mol. The third kappa shape index (κ3) is 4.96. The molecule has 7 nitrogen and oxygen atoms in total. The van der Waals surface area contributed by atoms with Crippen LogP contribution in [0.15, 0.2) is 53.9 Å². The highest BCUT2D eigenvalue weighted by molar-refractivity contribution is 7.09. The number of aromatic nitrogens is 1. The fourth-order valence-electron chi connectivity index (χ4n) is 3.18. The second kappa shape index (κ2) is 8.96. The molecule has 2 N–H and O–H groups in total. The average Bonchev–Trinajstić information content (AvgIpc) is 3.18. The van der Waals surface area contributed by atoms with Crippen molar-refractivity contribution in [3.05, 3.63) is 70.2 Å². The molecule has 2 aromatic carbocycles. The number of hydrogen-bond donors (Lipinski definition) is 2. The molecule has 2 heterocycles. The van der Waals surface area contributed by atoms with Gasteiger partial charge in [0.15, 0.2) is 0 Å². The van der Waals surface area contributed by atoms with Crippen LogP contribution < -0.4 is 20.3 Å². The van der Waals surface area contributed by atoms with Crippen molar-refractivity contribution in [1.82, 2.24) is 10.3 Å². The van der Waals surface area contributed by atoms with Crippen molar-refractivity contribution in [2.24, 2.45) is 0 Å². The summed E-state index contributed by atoms with van der Waals surface area (Å²) in [5.74, 6) is 0.424. The lowest BCUT2D eigenvalue weighted by molar-refractivity contribution is -0.120. The maximum absolute atomic E-state index is 12.6. The molecule has 30 heavy (non-hydrogen) atoms. The van der Waals surface area contributed by atoms with E-state index in [2.05, 4.69) is 15.6 Å². The topological polar surface area (TPSA) is 83.6 Å². The smallest absolute Gasteiger partial charge is 0.255 e. The molecule has 0 radical (unpaired) electrons. The van der Waals surface area contributed by atoms with Gasteiger partial charge in [-0.1, -0.05) is 6.07 Å². The van der Waals surface area contributed by atoms with Gasteiger partial charge in [0.1, 0.15) is 12.4 Å². The van der Waals surface area contributed by atoms with Gasteiger partial charge in [0, 0.05) is 35.4 Å². The van der Waals surface area contributed by atoms with E-state index in [4.69, 9.17) is 4.74 Å². The third-order valence-electron chi connectivity index (χ3n) is 4.68. The Balaban J connectivity index is 1.37. The monoisotopic (exact) mass is 422 g/mol. The molecule has 1 aromatic heterocycles. The van der Waals surface area contributed by atoms with Crippen molar-refractivity contribution < 1.29 is 14.3 Å². The minimum absolute atomic E-state index is 0.0191. The van der Waals surface area contributed by atoms with Crippen molar-refractivity contribution >= 4 is 34.5 Å². The largest absolute Gasteiger partial charge is 0.487 e. The molecule has 1 saturated heterocycles. The summed E-state index contributed by atoms with van der Waals surface area (Å²) in [5, 5.41) is 8.67. The Morgan fingerprint density at radius 3 is 2.83 bits per heavy atom. The van der Waals surface area contributed by atoms with Crippen LogP contribution >= 0.6 is 11.3 Å². The lowest BCUT2D eigenvalue weighted by Gasteiger charge is -2.28. The number of ether oxygens (including phenoxy) is 1. The maximum atomic E-state index is 12.6. The van der Waals surface area contributed by atoms with E-state index in [1.807, 2.05) is 47.5 Å². The molecule has 0 unspecified atom stereocenters. The van der Waals surface area contributed by atoms with Gasteiger partial charge in [-0.2, -0.15) is 0 Å². The zero-order valence-corrected chi connectivity index (χ0v) is 17.4. The first-order valence-electron chi connectivity index (χ1n) is 9.64. The Hall–Kier alpha value is -3.39. The van der Waals surface area contributed by atoms with Crippen LogP contribution in [0.3, 0.4) is 0 Å². The van der Waals surface area contributed by atoms with Crippen molar-refractivity contribution in [1.29, 1.82) is 0 Å². The first-order chi connectivity index (χ1) is 14.6. The number of amides is 2. The molecule has 8 heteroatoms. The number of benzene rings is 2. The second-order valence-corrected chi connectivity index (χ2v) is 8.01. The minimum atomic E-state index is -0.213. The number of aryl methyl sites for hydroxylation is 1. The summed E-state index contributed by atoms with van der Waals surface area (Å²) in [5.41, 5.74) is 3.03. The highest BCUT2D eigenvalue weighted by atomic mass is 32.1. The SMILES string of the molecule is Cc1nc(COc2cccc(C(=O)Nc3ccc(N4CCNC(=O)C4)cc3)c2)cs1. The molecule has 0 saturated carbocycles. The summed E-state index contributed by atoms with van der Waals surface area (Å²) in [6, 6.07) is 14.6. The Morgan fingerprint density at radius 2 is 2.10 bits per heavy atom. The number of carbonyl (C=O) groups is 2. The van der Waals surface area contributed by atoms with Crippen molar-refractivity contribution in [3.63, 3.8) is 0 Å². The molecule has 1 fully saturated rings. The molecule has 1 aliphatic rings. The molecule has 0 atom stereocenters. The predicted molar refractivity (Wildman–Crippen MR) is 117 cm³/mol. The first kappa shape index (κ1) is 19.9. The van der Waals surface area contributed by atoms with Crippen LogP contribution in [-0.2, 0) is 11.4 Å². The molecule has 154 valence electrons. The number of carbonyl (C=O) groups excluding carboxylic acids is 2. The minimum Gasteiger partial charge on any atom is -0.487 e. The van der Waals surface area contributed by atoms with E-state index >= 15 is 0 Å². The fourth-order valence-corrected chi connectivity index (χ4v) is 3.77. The van der Waals surface area contributed by atoms with E-state index in [-0.39, 0.29) is 11.8 Å². The molecule has 1 aliphatic heterocycles. The van der Waals surface area contributed by atoms with Crippen molar-refractivity contribution in [2.45, 2.75) is 13.5 Å². The molecule has 0 bridgehead atoms. The van der Waals surface area contributed by atoms with Gasteiger partial charge in [-0.05, 0) is 49.4 Å². The van der Waals surface area contributed by atoms with Crippen LogP contribution in [0.1, 0.15) is 21.1 Å².